The number of nitrogens with one attached hydrogen (secondary N) is 2. The Morgan fingerprint density at radius 2 is 2.00 bits per heavy atom. The van der Waals surface area contributed by atoms with E-state index in [1.807, 2.05) is 4.90 Å². The summed E-state index contributed by atoms with van der Waals surface area (Å²) >= 11 is 0. The Bertz CT molecular complexity index is 364. The third kappa shape index (κ3) is 6.48. The van der Waals surface area contributed by atoms with E-state index in [1.165, 1.54) is 6.92 Å². The van der Waals surface area contributed by atoms with E-state index in [4.69, 9.17) is 4.74 Å². The number of carbonyl (C=O) groups excluding carboxylic acids is 2. The van der Waals surface area contributed by atoms with Crippen molar-refractivity contribution in [3.8, 4) is 0 Å². The number of morpholine rings is 1. The lowest BCUT2D eigenvalue weighted by molar-refractivity contribution is -0.132. The minimum Gasteiger partial charge on any atom is -0.374 e. The Labute approximate surface area is 138 Å². The number of rotatable bonds is 5. The van der Waals surface area contributed by atoms with Crippen molar-refractivity contribution in [3.63, 3.8) is 0 Å². The van der Waals surface area contributed by atoms with Gasteiger partial charge < -0.3 is 20.3 Å². The average molecular weight is 335 g/mol. The van der Waals surface area contributed by atoms with Gasteiger partial charge >= 0.3 is 0 Å². The summed E-state index contributed by atoms with van der Waals surface area (Å²) in [5, 5.41) is 6.03. The van der Waals surface area contributed by atoms with Crippen LogP contribution in [0.5, 0.6) is 0 Å². The molecule has 22 heavy (non-hydrogen) atoms. The molecule has 2 saturated heterocycles. The Balaban J connectivity index is 0.00000242. The van der Waals surface area contributed by atoms with Crippen LogP contribution in [0.3, 0.4) is 0 Å². The number of piperazine rings is 1. The predicted molar refractivity (Wildman–Crippen MR) is 86.2 cm³/mol. The number of carbonyl (C=O) groups is 2. The first kappa shape index (κ1) is 19.2. The lowest BCUT2D eigenvalue weighted by Gasteiger charge is -2.33. The van der Waals surface area contributed by atoms with Crippen LogP contribution in [0.15, 0.2) is 0 Å². The fourth-order valence-electron chi connectivity index (χ4n) is 2.69. The van der Waals surface area contributed by atoms with Crippen molar-refractivity contribution in [2.75, 3.05) is 59.0 Å². The van der Waals surface area contributed by atoms with Gasteiger partial charge in [0.1, 0.15) is 0 Å². The zero-order valence-electron chi connectivity index (χ0n) is 13.2. The first-order chi connectivity index (χ1) is 10.1. The first-order valence-electron chi connectivity index (χ1n) is 7.72. The van der Waals surface area contributed by atoms with Gasteiger partial charge in [-0.1, -0.05) is 0 Å². The summed E-state index contributed by atoms with van der Waals surface area (Å²) in [7, 11) is 0. The highest BCUT2D eigenvalue weighted by atomic mass is 35.5. The SMILES string of the molecule is CC(=O)NCC1CN(CCC(=O)N2CCNCC2)CCO1.Cl. The maximum Gasteiger partial charge on any atom is 0.223 e. The molecule has 0 saturated carbocycles. The van der Waals surface area contributed by atoms with E-state index in [9.17, 15) is 9.59 Å². The van der Waals surface area contributed by atoms with Crippen molar-refractivity contribution in [1.82, 2.24) is 20.4 Å². The molecule has 0 aromatic carbocycles. The van der Waals surface area contributed by atoms with Gasteiger partial charge in [0.05, 0.1) is 12.7 Å². The normalized spacial score (nSPS) is 22.8. The van der Waals surface area contributed by atoms with E-state index < -0.39 is 0 Å². The molecule has 2 aliphatic rings. The van der Waals surface area contributed by atoms with Gasteiger partial charge in [-0.25, -0.2) is 0 Å². The van der Waals surface area contributed by atoms with Crippen LogP contribution in [0.25, 0.3) is 0 Å². The van der Waals surface area contributed by atoms with E-state index in [0.29, 0.717) is 19.6 Å². The molecule has 1 atom stereocenters. The van der Waals surface area contributed by atoms with Gasteiger partial charge in [0, 0.05) is 65.7 Å². The number of nitrogens with zero attached hydrogens (tertiary/aromatic N) is 2. The molecule has 2 fully saturated rings. The molecule has 7 nitrogen and oxygen atoms in total. The molecule has 2 heterocycles. The van der Waals surface area contributed by atoms with Crippen molar-refractivity contribution < 1.29 is 14.3 Å². The van der Waals surface area contributed by atoms with Gasteiger partial charge in [0.25, 0.3) is 0 Å². The number of hydrogen-bond acceptors (Lipinski definition) is 5. The van der Waals surface area contributed by atoms with Crippen LogP contribution in [-0.4, -0.2) is 86.7 Å². The largest absolute Gasteiger partial charge is 0.374 e. The standard InChI is InChI=1S/C14H26N4O3.ClH/c1-12(19)16-10-13-11-17(8-9-21-13)5-2-14(20)18-6-3-15-4-7-18;/h13,15H,2-11H2,1H3,(H,16,19);1H. The highest BCUT2D eigenvalue weighted by Crippen LogP contribution is 2.06. The Kier molecular flexibility index (Phi) is 8.70. The zero-order valence-corrected chi connectivity index (χ0v) is 14.0. The minimum atomic E-state index is -0.0374. The van der Waals surface area contributed by atoms with Gasteiger partial charge in [-0.2, -0.15) is 0 Å². The first-order valence-corrected chi connectivity index (χ1v) is 7.72. The fourth-order valence-corrected chi connectivity index (χ4v) is 2.69. The number of halogens is 1. The summed E-state index contributed by atoms with van der Waals surface area (Å²) in [6.07, 6.45) is 0.587. The lowest BCUT2D eigenvalue weighted by atomic mass is 10.2. The third-order valence-corrected chi connectivity index (χ3v) is 3.91. The highest BCUT2D eigenvalue weighted by molar-refractivity contribution is 5.85. The summed E-state index contributed by atoms with van der Waals surface area (Å²) in [6, 6.07) is 0. The molecule has 2 aliphatic heterocycles. The monoisotopic (exact) mass is 334 g/mol. The molecule has 0 bridgehead atoms. The van der Waals surface area contributed by atoms with E-state index >= 15 is 0 Å². The summed E-state index contributed by atoms with van der Waals surface area (Å²) < 4.78 is 5.62. The van der Waals surface area contributed by atoms with E-state index in [0.717, 1.165) is 45.8 Å². The van der Waals surface area contributed by atoms with Crippen molar-refractivity contribution in [3.05, 3.63) is 0 Å². The molecule has 0 aliphatic carbocycles. The summed E-state index contributed by atoms with van der Waals surface area (Å²) in [4.78, 5) is 27.2. The third-order valence-electron chi connectivity index (χ3n) is 3.91. The van der Waals surface area contributed by atoms with Crippen molar-refractivity contribution in [2.24, 2.45) is 0 Å². The molecule has 2 amide bonds. The second-order valence-electron chi connectivity index (χ2n) is 5.61. The molecule has 2 N–H and O–H groups in total. The van der Waals surface area contributed by atoms with E-state index in [1.54, 1.807) is 0 Å². The van der Waals surface area contributed by atoms with Crippen LogP contribution in [0, 0.1) is 0 Å². The molecule has 0 radical (unpaired) electrons. The Morgan fingerprint density at radius 3 is 2.68 bits per heavy atom. The van der Waals surface area contributed by atoms with Crippen molar-refractivity contribution in [2.45, 2.75) is 19.4 Å². The number of amides is 2. The van der Waals surface area contributed by atoms with Crippen molar-refractivity contribution >= 4 is 24.2 Å². The van der Waals surface area contributed by atoms with E-state index in [-0.39, 0.29) is 30.3 Å². The molecular weight excluding hydrogens is 308 g/mol. The summed E-state index contributed by atoms with van der Waals surface area (Å²) in [5.74, 6) is 0.200. The lowest BCUT2D eigenvalue weighted by Crippen LogP contribution is -2.49. The number of ether oxygens (including phenoxy) is 1. The zero-order chi connectivity index (χ0) is 15.1. The van der Waals surface area contributed by atoms with Crippen molar-refractivity contribution in [1.29, 1.82) is 0 Å². The molecule has 0 spiro atoms. The van der Waals surface area contributed by atoms with Crippen LogP contribution in [0.2, 0.25) is 0 Å². The highest BCUT2D eigenvalue weighted by Gasteiger charge is 2.22. The van der Waals surface area contributed by atoms with Gasteiger partial charge in [-0.05, 0) is 0 Å². The molecule has 0 aromatic heterocycles. The van der Waals surface area contributed by atoms with Gasteiger partial charge in [-0.3, -0.25) is 14.5 Å². The molecule has 0 aromatic rings. The van der Waals surface area contributed by atoms with Crippen LogP contribution in [-0.2, 0) is 14.3 Å². The minimum absolute atomic E-state index is 0. The molecule has 128 valence electrons. The average Bonchev–Trinajstić information content (AvgIpc) is 2.52. The molecular formula is C14H27ClN4O3. The quantitative estimate of drug-likeness (QED) is 0.679. The van der Waals surface area contributed by atoms with Crippen LogP contribution < -0.4 is 10.6 Å². The second kappa shape index (κ2) is 9.99. The second-order valence-corrected chi connectivity index (χ2v) is 5.61. The molecule has 8 heteroatoms. The Morgan fingerprint density at radius 1 is 1.27 bits per heavy atom. The van der Waals surface area contributed by atoms with Crippen LogP contribution in [0.1, 0.15) is 13.3 Å². The Hall–Kier alpha value is -0.890. The molecule has 2 rings (SSSR count). The maximum atomic E-state index is 12.1. The van der Waals surface area contributed by atoms with Gasteiger partial charge in [0.15, 0.2) is 0 Å². The summed E-state index contributed by atoms with van der Waals surface area (Å²) in [5.41, 5.74) is 0. The molecule has 1 unspecified atom stereocenters. The van der Waals surface area contributed by atoms with Crippen LogP contribution in [0.4, 0.5) is 0 Å². The van der Waals surface area contributed by atoms with Gasteiger partial charge in [0.2, 0.25) is 11.8 Å². The predicted octanol–water partition coefficient (Wildman–Crippen LogP) is -0.933. The number of hydrogen-bond donors (Lipinski definition) is 2. The maximum absolute atomic E-state index is 12.1. The van der Waals surface area contributed by atoms with E-state index in [2.05, 4.69) is 15.5 Å². The smallest absolute Gasteiger partial charge is 0.223 e. The summed E-state index contributed by atoms with van der Waals surface area (Å²) in [6.45, 7) is 8.50. The van der Waals surface area contributed by atoms with Crippen LogP contribution >= 0.6 is 12.4 Å². The van der Waals surface area contributed by atoms with Gasteiger partial charge in [-0.15, -0.1) is 12.4 Å². The topological polar surface area (TPSA) is 73.9 Å². The fraction of sp³-hybridized carbons (Fsp3) is 0.857.